The molecule has 2 amide bonds. The Kier molecular flexibility index (Phi) is 5.72. The lowest BCUT2D eigenvalue weighted by atomic mass is 10.1. The van der Waals surface area contributed by atoms with E-state index in [1.54, 1.807) is 17.8 Å². The minimum Gasteiger partial charge on any atom is -0.337 e. The van der Waals surface area contributed by atoms with E-state index in [-0.39, 0.29) is 30.3 Å². The van der Waals surface area contributed by atoms with Crippen molar-refractivity contribution in [1.82, 2.24) is 4.90 Å². The number of thioether (sulfide) groups is 1. The van der Waals surface area contributed by atoms with Crippen LogP contribution in [0.25, 0.3) is 0 Å². The molecule has 120 valence electrons. The lowest BCUT2D eigenvalue weighted by molar-refractivity contribution is -0.115. The standard InChI is InChI=1S/C15H19N3O2S.ClH/c16-11-2-1-6-18(9-11)15(20)10-3-4-13-12(8-10)17-14(19)5-7-21-13;/h3-4,8,11H,1-2,5-7,9,16H2,(H,17,19);1H. The van der Waals surface area contributed by atoms with Gasteiger partial charge in [0.15, 0.2) is 0 Å². The number of likely N-dealkylation sites (tertiary alicyclic amines) is 1. The van der Waals surface area contributed by atoms with Gasteiger partial charge in [-0.25, -0.2) is 0 Å². The van der Waals surface area contributed by atoms with Crippen LogP contribution in [0.2, 0.25) is 0 Å². The number of anilines is 1. The SMILES string of the molecule is Cl.NC1CCCN(C(=O)c2ccc3c(c2)NC(=O)CCS3)C1. The van der Waals surface area contributed by atoms with Gasteiger partial charge in [0.1, 0.15) is 0 Å². The fourth-order valence-corrected chi connectivity index (χ4v) is 3.67. The van der Waals surface area contributed by atoms with E-state index < -0.39 is 0 Å². The van der Waals surface area contributed by atoms with Crippen LogP contribution in [-0.4, -0.2) is 41.6 Å². The van der Waals surface area contributed by atoms with Crippen molar-refractivity contribution in [2.75, 3.05) is 24.2 Å². The van der Waals surface area contributed by atoms with E-state index in [1.165, 1.54) is 0 Å². The molecule has 0 aliphatic carbocycles. The van der Waals surface area contributed by atoms with Crippen LogP contribution in [0.3, 0.4) is 0 Å². The van der Waals surface area contributed by atoms with Gasteiger partial charge in [-0.3, -0.25) is 9.59 Å². The maximum atomic E-state index is 12.5. The molecule has 7 heteroatoms. The maximum absolute atomic E-state index is 12.5. The third-order valence-corrected chi connectivity index (χ3v) is 4.91. The highest BCUT2D eigenvalue weighted by molar-refractivity contribution is 7.99. The summed E-state index contributed by atoms with van der Waals surface area (Å²) in [6.07, 6.45) is 2.43. The molecule has 2 aliphatic rings. The second-order valence-corrected chi connectivity index (χ2v) is 6.65. The van der Waals surface area contributed by atoms with Crippen LogP contribution in [0.4, 0.5) is 5.69 Å². The van der Waals surface area contributed by atoms with Gasteiger partial charge in [-0.1, -0.05) is 0 Å². The summed E-state index contributed by atoms with van der Waals surface area (Å²) in [6, 6.07) is 5.61. The zero-order chi connectivity index (χ0) is 14.8. The number of nitrogens with two attached hydrogens (primary N) is 1. The number of hydrogen-bond donors (Lipinski definition) is 2. The molecule has 1 unspecified atom stereocenters. The lowest BCUT2D eigenvalue weighted by Gasteiger charge is -2.31. The zero-order valence-electron chi connectivity index (χ0n) is 12.2. The van der Waals surface area contributed by atoms with Crippen LogP contribution in [0.15, 0.2) is 23.1 Å². The Bertz CT molecular complexity index is 582. The van der Waals surface area contributed by atoms with Crippen molar-refractivity contribution in [2.24, 2.45) is 5.73 Å². The fourth-order valence-electron chi connectivity index (χ4n) is 2.73. The average molecular weight is 342 g/mol. The first kappa shape index (κ1) is 17.1. The van der Waals surface area contributed by atoms with Gasteiger partial charge in [0, 0.05) is 41.8 Å². The average Bonchev–Trinajstić information content (AvgIpc) is 2.66. The van der Waals surface area contributed by atoms with Crippen LogP contribution in [0.1, 0.15) is 29.6 Å². The van der Waals surface area contributed by atoms with E-state index in [0.29, 0.717) is 18.5 Å². The molecule has 3 rings (SSSR count). The summed E-state index contributed by atoms with van der Waals surface area (Å²) in [5.41, 5.74) is 7.30. The first-order chi connectivity index (χ1) is 10.1. The Labute approximate surface area is 140 Å². The second-order valence-electron chi connectivity index (χ2n) is 5.51. The van der Waals surface area contributed by atoms with Gasteiger partial charge in [0.05, 0.1) is 5.69 Å². The van der Waals surface area contributed by atoms with E-state index in [0.717, 1.165) is 35.7 Å². The number of nitrogens with one attached hydrogen (secondary N) is 1. The first-order valence-electron chi connectivity index (χ1n) is 7.25. The van der Waals surface area contributed by atoms with E-state index in [9.17, 15) is 9.59 Å². The summed E-state index contributed by atoms with van der Waals surface area (Å²) < 4.78 is 0. The quantitative estimate of drug-likeness (QED) is 0.820. The van der Waals surface area contributed by atoms with Gasteiger partial charge in [-0.05, 0) is 31.0 Å². The molecule has 0 spiro atoms. The van der Waals surface area contributed by atoms with Crippen LogP contribution in [0.5, 0.6) is 0 Å². The summed E-state index contributed by atoms with van der Waals surface area (Å²) in [5, 5.41) is 2.87. The molecule has 1 saturated heterocycles. The van der Waals surface area contributed by atoms with Crippen molar-refractivity contribution in [3.05, 3.63) is 23.8 Å². The molecule has 1 fully saturated rings. The van der Waals surface area contributed by atoms with E-state index in [4.69, 9.17) is 5.73 Å². The fraction of sp³-hybridized carbons (Fsp3) is 0.467. The molecule has 22 heavy (non-hydrogen) atoms. The Morgan fingerprint density at radius 2 is 2.23 bits per heavy atom. The highest BCUT2D eigenvalue weighted by Crippen LogP contribution is 2.31. The Morgan fingerprint density at radius 1 is 1.41 bits per heavy atom. The van der Waals surface area contributed by atoms with Crippen molar-refractivity contribution in [3.63, 3.8) is 0 Å². The number of benzene rings is 1. The Morgan fingerprint density at radius 3 is 3.00 bits per heavy atom. The van der Waals surface area contributed by atoms with Gasteiger partial charge in [0.2, 0.25) is 5.91 Å². The molecule has 0 radical (unpaired) electrons. The number of nitrogens with zero attached hydrogens (tertiary/aromatic N) is 1. The van der Waals surface area contributed by atoms with Crippen LogP contribution < -0.4 is 11.1 Å². The minimum absolute atomic E-state index is 0. The third kappa shape index (κ3) is 3.74. The Balaban J connectivity index is 0.00000176. The number of carbonyl (C=O) groups is 2. The number of carbonyl (C=O) groups excluding carboxylic acids is 2. The highest BCUT2D eigenvalue weighted by Gasteiger charge is 2.23. The largest absolute Gasteiger partial charge is 0.337 e. The summed E-state index contributed by atoms with van der Waals surface area (Å²) in [4.78, 5) is 27.0. The molecule has 5 nitrogen and oxygen atoms in total. The molecule has 2 aliphatic heterocycles. The van der Waals surface area contributed by atoms with Gasteiger partial charge >= 0.3 is 0 Å². The Hall–Kier alpha value is -1.24. The number of rotatable bonds is 1. The van der Waals surface area contributed by atoms with Crippen molar-refractivity contribution in [1.29, 1.82) is 0 Å². The van der Waals surface area contributed by atoms with Crippen LogP contribution >= 0.6 is 24.2 Å². The summed E-state index contributed by atoms with van der Waals surface area (Å²) >= 11 is 1.64. The maximum Gasteiger partial charge on any atom is 0.253 e. The van der Waals surface area contributed by atoms with Crippen LogP contribution in [0, 0.1) is 0 Å². The van der Waals surface area contributed by atoms with E-state index >= 15 is 0 Å². The van der Waals surface area contributed by atoms with E-state index in [2.05, 4.69) is 5.32 Å². The normalized spacial score (nSPS) is 21.2. The van der Waals surface area contributed by atoms with Crippen LogP contribution in [-0.2, 0) is 4.79 Å². The number of halogens is 1. The predicted molar refractivity (Wildman–Crippen MR) is 90.8 cm³/mol. The molecule has 1 aromatic carbocycles. The first-order valence-corrected chi connectivity index (χ1v) is 8.23. The van der Waals surface area contributed by atoms with Gasteiger partial charge < -0.3 is 16.0 Å². The second kappa shape index (κ2) is 7.35. The summed E-state index contributed by atoms with van der Waals surface area (Å²) in [7, 11) is 0. The van der Waals surface area contributed by atoms with Crippen molar-refractivity contribution < 1.29 is 9.59 Å². The zero-order valence-corrected chi connectivity index (χ0v) is 13.8. The molecule has 0 saturated carbocycles. The molecular formula is C15H20ClN3O2S. The molecule has 0 bridgehead atoms. The van der Waals surface area contributed by atoms with Crippen molar-refractivity contribution >= 4 is 41.7 Å². The molecule has 1 atom stereocenters. The number of fused-ring (bicyclic) bond motifs is 1. The topological polar surface area (TPSA) is 75.4 Å². The predicted octanol–water partition coefficient (Wildman–Crippen LogP) is 2.11. The molecule has 2 heterocycles. The molecule has 0 aromatic heterocycles. The van der Waals surface area contributed by atoms with Crippen molar-refractivity contribution in [2.45, 2.75) is 30.2 Å². The lowest BCUT2D eigenvalue weighted by Crippen LogP contribution is -2.45. The molecular weight excluding hydrogens is 322 g/mol. The van der Waals surface area contributed by atoms with Gasteiger partial charge in [-0.2, -0.15) is 0 Å². The highest BCUT2D eigenvalue weighted by atomic mass is 35.5. The van der Waals surface area contributed by atoms with Gasteiger partial charge in [-0.15, -0.1) is 24.2 Å². The monoisotopic (exact) mass is 341 g/mol. The van der Waals surface area contributed by atoms with E-state index in [1.807, 2.05) is 17.0 Å². The van der Waals surface area contributed by atoms with Crippen molar-refractivity contribution in [3.8, 4) is 0 Å². The molecule has 1 aromatic rings. The summed E-state index contributed by atoms with van der Waals surface area (Å²) in [6.45, 7) is 1.36. The number of amides is 2. The smallest absolute Gasteiger partial charge is 0.253 e. The third-order valence-electron chi connectivity index (χ3n) is 3.83. The molecule has 3 N–H and O–H groups in total. The number of hydrogen-bond acceptors (Lipinski definition) is 4. The number of piperidine rings is 1. The summed E-state index contributed by atoms with van der Waals surface area (Å²) in [5.74, 6) is 0.773. The minimum atomic E-state index is -0.00329. The van der Waals surface area contributed by atoms with Gasteiger partial charge in [0.25, 0.3) is 5.91 Å².